The van der Waals surface area contributed by atoms with Crippen LogP contribution in [0.4, 0.5) is 5.69 Å². The van der Waals surface area contributed by atoms with Gasteiger partial charge in [0, 0.05) is 12.6 Å². The molecule has 0 saturated heterocycles. The molecule has 1 aromatic rings. The van der Waals surface area contributed by atoms with E-state index in [1.54, 1.807) is 0 Å². The zero-order valence-corrected chi connectivity index (χ0v) is 14.2. The second-order valence-electron chi connectivity index (χ2n) is 6.51. The van der Waals surface area contributed by atoms with Gasteiger partial charge < -0.3 is 0 Å². The number of nitrogens with zero attached hydrogens (tertiary/aromatic N) is 2. The Morgan fingerprint density at radius 2 is 2.14 bits per heavy atom. The van der Waals surface area contributed by atoms with Crippen LogP contribution in [0.15, 0.2) is 18.2 Å². The predicted molar refractivity (Wildman–Crippen MR) is 88.7 cm³/mol. The third kappa shape index (κ3) is 3.20. The van der Waals surface area contributed by atoms with Crippen molar-refractivity contribution in [1.82, 2.24) is 4.31 Å². The smallest absolute Gasteiger partial charge is 0.190 e. The molecule has 0 radical (unpaired) electrons. The molecule has 0 saturated carbocycles. The Hall–Kier alpha value is -1.18. The van der Waals surface area contributed by atoms with E-state index in [0.29, 0.717) is 0 Å². The van der Waals surface area contributed by atoms with Gasteiger partial charge in [0.2, 0.25) is 0 Å². The molecule has 0 amide bonds. The Labute approximate surface area is 130 Å². The molecular weight excluding hydrogens is 280 g/mol. The molecule has 0 aliphatic heterocycles. The third-order valence-corrected chi connectivity index (χ3v) is 5.77. The zero-order chi connectivity index (χ0) is 15.6. The zero-order valence-electron chi connectivity index (χ0n) is 13.3. The van der Waals surface area contributed by atoms with Crippen LogP contribution in [0.2, 0.25) is 0 Å². The van der Waals surface area contributed by atoms with Crippen molar-refractivity contribution in [3.8, 4) is 0 Å². The SMILES string of the molecule is [C-]#[N+]c1cccc2c1CC[C@@H]2N(CCC)[S@@](=O)C(C)(C)C. The molecule has 0 spiro atoms. The number of rotatable bonds is 4. The van der Waals surface area contributed by atoms with Crippen LogP contribution >= 0.6 is 0 Å². The van der Waals surface area contributed by atoms with Crippen molar-refractivity contribution in [2.45, 2.75) is 57.7 Å². The summed E-state index contributed by atoms with van der Waals surface area (Å²) in [6.45, 7) is 16.3. The highest BCUT2D eigenvalue weighted by molar-refractivity contribution is 7.84. The fourth-order valence-corrected chi connectivity index (χ4v) is 4.45. The van der Waals surface area contributed by atoms with Gasteiger partial charge in [-0.3, -0.25) is 0 Å². The minimum Gasteiger partial charge on any atom is -0.242 e. The van der Waals surface area contributed by atoms with Gasteiger partial charge in [-0.2, -0.15) is 0 Å². The summed E-state index contributed by atoms with van der Waals surface area (Å²) in [5, 5.41) is 0. The highest BCUT2D eigenvalue weighted by Gasteiger charge is 2.35. The molecule has 21 heavy (non-hydrogen) atoms. The summed E-state index contributed by atoms with van der Waals surface area (Å²) in [5.41, 5.74) is 3.12. The average molecular weight is 304 g/mol. The van der Waals surface area contributed by atoms with Crippen LogP contribution in [0.5, 0.6) is 0 Å². The molecule has 2 atom stereocenters. The van der Waals surface area contributed by atoms with Crippen LogP contribution in [-0.4, -0.2) is 19.8 Å². The molecular formula is C17H24N2OS. The van der Waals surface area contributed by atoms with Crippen LogP contribution < -0.4 is 0 Å². The number of benzene rings is 1. The lowest BCUT2D eigenvalue weighted by atomic mass is 10.1. The summed E-state index contributed by atoms with van der Waals surface area (Å²) in [6.07, 6.45) is 2.86. The Bertz CT molecular complexity index is 583. The van der Waals surface area contributed by atoms with E-state index in [2.05, 4.69) is 22.1 Å². The van der Waals surface area contributed by atoms with Gasteiger partial charge in [-0.25, -0.2) is 13.4 Å². The molecule has 4 heteroatoms. The summed E-state index contributed by atoms with van der Waals surface area (Å²) < 4.78 is 14.8. The van der Waals surface area contributed by atoms with E-state index in [9.17, 15) is 4.21 Å². The topological polar surface area (TPSA) is 24.7 Å². The molecule has 0 aromatic heterocycles. The maximum absolute atomic E-state index is 12.9. The Morgan fingerprint density at radius 1 is 1.43 bits per heavy atom. The maximum Gasteiger partial charge on any atom is 0.190 e. The molecule has 1 aromatic carbocycles. The van der Waals surface area contributed by atoms with Gasteiger partial charge in [0.25, 0.3) is 0 Å². The van der Waals surface area contributed by atoms with E-state index < -0.39 is 11.0 Å². The van der Waals surface area contributed by atoms with Gasteiger partial charge in [-0.15, -0.1) is 0 Å². The second-order valence-corrected chi connectivity index (χ2v) is 8.71. The van der Waals surface area contributed by atoms with E-state index in [-0.39, 0.29) is 10.8 Å². The van der Waals surface area contributed by atoms with Gasteiger partial charge in [-0.05, 0) is 51.2 Å². The van der Waals surface area contributed by atoms with Crippen molar-refractivity contribution < 1.29 is 4.21 Å². The van der Waals surface area contributed by atoms with Crippen LogP contribution in [-0.2, 0) is 17.4 Å². The molecule has 0 heterocycles. The highest BCUT2D eigenvalue weighted by atomic mass is 32.2. The predicted octanol–water partition coefficient (Wildman–Crippen LogP) is 4.40. The first kappa shape index (κ1) is 16.2. The minimum absolute atomic E-state index is 0.182. The van der Waals surface area contributed by atoms with E-state index in [1.807, 2.05) is 32.9 Å². The Morgan fingerprint density at radius 3 is 2.71 bits per heavy atom. The number of hydrogen-bond donors (Lipinski definition) is 0. The monoisotopic (exact) mass is 304 g/mol. The molecule has 114 valence electrons. The lowest BCUT2D eigenvalue weighted by Gasteiger charge is -2.33. The summed E-state index contributed by atoms with van der Waals surface area (Å²) in [7, 11) is -1.02. The lowest BCUT2D eigenvalue weighted by molar-refractivity contribution is 0.335. The molecule has 0 fully saturated rings. The van der Waals surface area contributed by atoms with Crippen LogP contribution in [0.25, 0.3) is 4.85 Å². The first-order valence-electron chi connectivity index (χ1n) is 7.58. The standard InChI is InChI=1S/C17H24N2OS/c1-6-12-19(21(20)17(2,3)4)16-11-10-13-14(16)8-7-9-15(13)18-5/h7-9,16H,6,10-12H2,1-4H3/t16-,21-/m0/s1. The van der Waals surface area contributed by atoms with Gasteiger partial charge in [0.15, 0.2) is 5.69 Å². The molecule has 0 bridgehead atoms. The van der Waals surface area contributed by atoms with E-state index in [1.165, 1.54) is 5.56 Å². The fourth-order valence-electron chi connectivity index (χ4n) is 2.94. The molecule has 3 nitrogen and oxygen atoms in total. The molecule has 0 unspecified atom stereocenters. The highest BCUT2D eigenvalue weighted by Crippen LogP contribution is 2.42. The van der Waals surface area contributed by atoms with Gasteiger partial charge in [0.1, 0.15) is 11.0 Å². The molecule has 0 N–H and O–H groups in total. The van der Waals surface area contributed by atoms with Crippen molar-refractivity contribution in [2.75, 3.05) is 6.54 Å². The van der Waals surface area contributed by atoms with Crippen molar-refractivity contribution >= 4 is 16.7 Å². The Kier molecular flexibility index (Phi) is 4.85. The van der Waals surface area contributed by atoms with Gasteiger partial charge in [-0.1, -0.05) is 25.1 Å². The van der Waals surface area contributed by atoms with E-state index in [4.69, 9.17) is 6.57 Å². The van der Waals surface area contributed by atoms with Crippen molar-refractivity contribution in [3.63, 3.8) is 0 Å². The molecule has 2 rings (SSSR count). The normalized spacial score (nSPS) is 19.3. The molecule has 1 aliphatic carbocycles. The van der Waals surface area contributed by atoms with Crippen LogP contribution in [0.1, 0.15) is 57.7 Å². The number of hydrogen-bond acceptors (Lipinski definition) is 1. The second kappa shape index (κ2) is 6.29. The summed E-state index contributed by atoms with van der Waals surface area (Å²) in [6, 6.07) is 6.12. The largest absolute Gasteiger partial charge is 0.242 e. The summed E-state index contributed by atoms with van der Waals surface area (Å²) in [4.78, 5) is 3.63. The van der Waals surface area contributed by atoms with Crippen LogP contribution in [0, 0.1) is 6.57 Å². The first-order chi connectivity index (χ1) is 9.90. The quantitative estimate of drug-likeness (QED) is 0.757. The van der Waals surface area contributed by atoms with Crippen LogP contribution in [0.3, 0.4) is 0 Å². The fraction of sp³-hybridized carbons (Fsp3) is 0.588. The minimum atomic E-state index is -1.02. The van der Waals surface area contributed by atoms with Gasteiger partial charge in [0.05, 0.1) is 11.3 Å². The van der Waals surface area contributed by atoms with Crippen molar-refractivity contribution in [2.24, 2.45) is 0 Å². The van der Waals surface area contributed by atoms with Crippen molar-refractivity contribution in [1.29, 1.82) is 0 Å². The third-order valence-electron chi connectivity index (χ3n) is 3.86. The summed E-state index contributed by atoms with van der Waals surface area (Å²) >= 11 is 0. The molecule has 1 aliphatic rings. The van der Waals surface area contributed by atoms with E-state index >= 15 is 0 Å². The van der Waals surface area contributed by atoms with Gasteiger partial charge >= 0.3 is 0 Å². The Balaban J connectivity index is 2.39. The van der Waals surface area contributed by atoms with Crippen molar-refractivity contribution in [3.05, 3.63) is 40.7 Å². The summed E-state index contributed by atoms with van der Waals surface area (Å²) in [5.74, 6) is 0. The van der Waals surface area contributed by atoms with E-state index in [0.717, 1.165) is 37.1 Å². The number of fused-ring (bicyclic) bond motifs is 1. The maximum atomic E-state index is 12.9. The first-order valence-corrected chi connectivity index (χ1v) is 8.68. The average Bonchev–Trinajstić information content (AvgIpc) is 2.86. The lowest BCUT2D eigenvalue weighted by Crippen LogP contribution is -2.39.